The quantitative estimate of drug-likeness (QED) is 0.249. The lowest BCUT2D eigenvalue weighted by molar-refractivity contribution is -0.241. The summed E-state index contributed by atoms with van der Waals surface area (Å²) in [6.07, 6.45) is 5.18. The minimum Gasteiger partial charge on any atom is -0.457 e. The van der Waals surface area contributed by atoms with E-state index < -0.39 is 41.6 Å². The second-order valence-electron chi connectivity index (χ2n) is 17.4. The van der Waals surface area contributed by atoms with E-state index in [4.69, 9.17) is 18.9 Å². The minimum atomic E-state index is -1.30. The minimum absolute atomic E-state index is 0.0503. The van der Waals surface area contributed by atoms with Crippen LogP contribution >= 0.6 is 0 Å². The number of ketones is 1. The van der Waals surface area contributed by atoms with Crippen molar-refractivity contribution in [3.8, 4) is 0 Å². The molecule has 6 fully saturated rings. The van der Waals surface area contributed by atoms with Gasteiger partial charge in [0.2, 0.25) is 0 Å². The second kappa shape index (κ2) is 11.0. The Bertz CT molecular complexity index is 1180. The first-order valence-electron chi connectivity index (χ1n) is 17.5. The molecule has 6 rings (SSSR count). The fourth-order valence-electron chi connectivity index (χ4n) is 12.8. The number of carbonyl (C=O) groups excluding carboxylic acids is 2. The zero-order chi connectivity index (χ0) is 33.0. The molecule has 1 aliphatic heterocycles. The highest BCUT2D eigenvalue weighted by atomic mass is 16.7. The molecule has 0 aromatic heterocycles. The predicted molar refractivity (Wildman–Crippen MR) is 166 cm³/mol. The van der Waals surface area contributed by atoms with Gasteiger partial charge in [-0.1, -0.05) is 34.6 Å². The zero-order valence-corrected chi connectivity index (χ0v) is 28.8. The lowest BCUT2D eigenvalue weighted by Gasteiger charge is -2.62. The van der Waals surface area contributed by atoms with Gasteiger partial charge in [-0.3, -0.25) is 9.59 Å². The van der Waals surface area contributed by atoms with Gasteiger partial charge in [0.1, 0.15) is 6.10 Å². The normalized spacial score (nSPS) is 47.8. The summed E-state index contributed by atoms with van der Waals surface area (Å²) in [6.45, 7) is 15.9. The summed E-state index contributed by atoms with van der Waals surface area (Å²) in [5.41, 5.74) is -1.80. The Morgan fingerprint density at radius 3 is 2.33 bits per heavy atom. The van der Waals surface area contributed by atoms with Crippen LogP contribution in [0.3, 0.4) is 0 Å². The van der Waals surface area contributed by atoms with Gasteiger partial charge in [0.25, 0.3) is 0 Å². The van der Waals surface area contributed by atoms with Gasteiger partial charge in [0.05, 0.1) is 37.6 Å². The summed E-state index contributed by atoms with van der Waals surface area (Å²) in [5.74, 6) is 0.776. The van der Waals surface area contributed by atoms with Crippen molar-refractivity contribution >= 4 is 11.8 Å². The molecule has 9 nitrogen and oxygen atoms in total. The van der Waals surface area contributed by atoms with E-state index in [1.165, 1.54) is 6.92 Å². The molecule has 45 heavy (non-hydrogen) atoms. The predicted octanol–water partition coefficient (Wildman–Crippen LogP) is 4.42. The van der Waals surface area contributed by atoms with E-state index >= 15 is 0 Å². The molecule has 256 valence electrons. The first kappa shape index (κ1) is 33.8. The van der Waals surface area contributed by atoms with Gasteiger partial charge in [-0.25, -0.2) is 0 Å². The molecule has 0 bridgehead atoms. The van der Waals surface area contributed by atoms with Crippen molar-refractivity contribution in [2.24, 2.45) is 50.7 Å². The molecule has 9 heteroatoms. The molecule has 1 saturated heterocycles. The SMILES string of the molecule is CC(=O)O[C@@H]([C@H]1C[C@@H](C)[C@@H]2[C@H](O1)C(=O)[C@@]1(C)[C@@H]3CC[C@H]4C(C)(C)[C@@H](O[C@@H](CO)OCCO)CC[C@@]45C[C@@]35CC[C@]21C)C(C)(C)O. The number of carbonyl (C=O) groups is 2. The van der Waals surface area contributed by atoms with Gasteiger partial charge < -0.3 is 34.3 Å². The van der Waals surface area contributed by atoms with Crippen LogP contribution in [0.25, 0.3) is 0 Å². The number of aliphatic hydroxyl groups is 3. The van der Waals surface area contributed by atoms with E-state index in [9.17, 15) is 24.9 Å². The Hall–Kier alpha value is -1.10. The van der Waals surface area contributed by atoms with E-state index in [0.29, 0.717) is 12.3 Å². The van der Waals surface area contributed by atoms with E-state index in [0.717, 1.165) is 44.9 Å². The monoisotopic (exact) mass is 634 g/mol. The van der Waals surface area contributed by atoms with Crippen LogP contribution in [-0.2, 0) is 28.5 Å². The van der Waals surface area contributed by atoms with Crippen LogP contribution in [0.2, 0.25) is 0 Å². The molecule has 0 radical (unpaired) electrons. The summed E-state index contributed by atoms with van der Waals surface area (Å²) in [7, 11) is 0. The van der Waals surface area contributed by atoms with E-state index in [-0.39, 0.29) is 71.1 Å². The third-order valence-corrected chi connectivity index (χ3v) is 14.7. The van der Waals surface area contributed by atoms with Crippen LogP contribution in [0.4, 0.5) is 0 Å². The highest BCUT2D eigenvalue weighted by Gasteiger charge is 2.85. The Kier molecular flexibility index (Phi) is 8.23. The summed E-state index contributed by atoms with van der Waals surface area (Å²) in [5, 5.41) is 30.1. The summed E-state index contributed by atoms with van der Waals surface area (Å²) in [6, 6.07) is 0. The lowest BCUT2D eigenvalue weighted by atomic mass is 9.41. The Morgan fingerprint density at radius 2 is 1.71 bits per heavy atom. The van der Waals surface area contributed by atoms with Crippen molar-refractivity contribution in [1.29, 1.82) is 0 Å². The number of Topliss-reactive ketones (excluding diaryl/α,β-unsaturated/α-hetero) is 1. The largest absolute Gasteiger partial charge is 0.457 e. The molecular formula is C36H58O9. The van der Waals surface area contributed by atoms with E-state index in [1.54, 1.807) is 13.8 Å². The molecule has 3 N–H and O–H groups in total. The fourth-order valence-corrected chi connectivity index (χ4v) is 12.8. The molecule has 1 heterocycles. The maximum absolute atomic E-state index is 14.9. The zero-order valence-electron chi connectivity index (χ0n) is 28.8. The van der Waals surface area contributed by atoms with Crippen molar-refractivity contribution in [3.63, 3.8) is 0 Å². The average molecular weight is 635 g/mol. The summed E-state index contributed by atoms with van der Waals surface area (Å²) in [4.78, 5) is 26.9. The molecule has 2 spiro atoms. The number of hydrogen-bond acceptors (Lipinski definition) is 9. The Balaban J connectivity index is 1.27. The summed E-state index contributed by atoms with van der Waals surface area (Å²) < 4.78 is 24.3. The maximum atomic E-state index is 14.9. The topological polar surface area (TPSA) is 132 Å². The standard InChI is InChI=1S/C36H58O9/c1-20-17-22(30(32(5,6)41)43-21(2)39)44-28-27(20)33(7)13-14-36-19-35(36)12-11-25(45-26(18-38)42-16-15-37)31(3,4)23(35)9-10-24(36)34(33,8)29(28)40/h20,22-28,30,37-38,41H,9-19H2,1-8H3/t20-,22-,23+,24+,25+,26+,27-,28+,30+,33-,34-,35-,36+/m1/s1. The van der Waals surface area contributed by atoms with Gasteiger partial charge in [-0.15, -0.1) is 0 Å². The van der Waals surface area contributed by atoms with Crippen molar-refractivity contribution < 1.29 is 43.9 Å². The number of fused-ring (bicyclic) bond motifs is 4. The van der Waals surface area contributed by atoms with E-state index in [1.807, 2.05) is 0 Å². The highest BCUT2D eigenvalue weighted by Crippen LogP contribution is 2.89. The Morgan fingerprint density at radius 1 is 1.04 bits per heavy atom. The first-order chi connectivity index (χ1) is 20.9. The van der Waals surface area contributed by atoms with Crippen molar-refractivity contribution in [1.82, 2.24) is 0 Å². The number of ether oxygens (including phenoxy) is 4. The first-order valence-corrected chi connectivity index (χ1v) is 17.5. The molecule has 5 saturated carbocycles. The second-order valence-corrected chi connectivity index (χ2v) is 17.4. The smallest absolute Gasteiger partial charge is 0.303 e. The van der Waals surface area contributed by atoms with Gasteiger partial charge in [0.15, 0.2) is 18.2 Å². The average Bonchev–Trinajstić information content (AvgIpc) is 3.59. The van der Waals surface area contributed by atoms with Crippen molar-refractivity contribution in [3.05, 3.63) is 0 Å². The molecule has 0 amide bonds. The molecule has 6 aliphatic rings. The van der Waals surface area contributed by atoms with Gasteiger partial charge in [0, 0.05) is 18.3 Å². The molecule has 5 aliphatic carbocycles. The molecular weight excluding hydrogens is 576 g/mol. The number of esters is 1. The highest BCUT2D eigenvalue weighted by molar-refractivity contribution is 5.93. The van der Waals surface area contributed by atoms with Crippen LogP contribution in [0.15, 0.2) is 0 Å². The number of rotatable bonds is 9. The lowest BCUT2D eigenvalue weighted by Crippen LogP contribution is -2.59. The van der Waals surface area contributed by atoms with Crippen molar-refractivity contribution in [2.45, 2.75) is 143 Å². The third kappa shape index (κ3) is 4.60. The maximum Gasteiger partial charge on any atom is 0.303 e. The Labute approximate surface area is 269 Å². The van der Waals surface area contributed by atoms with E-state index in [2.05, 4.69) is 34.6 Å². The fraction of sp³-hybridized carbons (Fsp3) is 0.944. The van der Waals surface area contributed by atoms with Crippen molar-refractivity contribution in [2.75, 3.05) is 19.8 Å². The molecule has 0 unspecified atom stereocenters. The molecule has 0 aromatic rings. The summed E-state index contributed by atoms with van der Waals surface area (Å²) >= 11 is 0. The van der Waals surface area contributed by atoms with Gasteiger partial charge in [-0.2, -0.15) is 0 Å². The molecule has 0 aromatic carbocycles. The molecule has 13 atom stereocenters. The van der Waals surface area contributed by atoms with Crippen LogP contribution < -0.4 is 0 Å². The third-order valence-electron chi connectivity index (χ3n) is 14.7. The van der Waals surface area contributed by atoms with Crippen LogP contribution in [0.1, 0.15) is 107 Å². The van der Waals surface area contributed by atoms with Crippen LogP contribution in [-0.4, -0.2) is 83.2 Å². The van der Waals surface area contributed by atoms with Crippen LogP contribution in [0, 0.1) is 50.7 Å². The number of aliphatic hydroxyl groups excluding tert-OH is 2. The van der Waals surface area contributed by atoms with Gasteiger partial charge >= 0.3 is 5.97 Å². The number of hydrogen-bond donors (Lipinski definition) is 3. The van der Waals surface area contributed by atoms with Crippen LogP contribution in [0.5, 0.6) is 0 Å². The van der Waals surface area contributed by atoms with Gasteiger partial charge in [-0.05, 0) is 105 Å².